The van der Waals surface area contributed by atoms with Gasteiger partial charge in [-0.05, 0) is 55.4 Å². The van der Waals surface area contributed by atoms with Gasteiger partial charge in [-0.3, -0.25) is 9.69 Å². The summed E-state index contributed by atoms with van der Waals surface area (Å²) in [6.45, 7) is 6.42. The summed E-state index contributed by atoms with van der Waals surface area (Å²) in [5, 5.41) is 3.30. The molecule has 1 amide bonds. The van der Waals surface area contributed by atoms with E-state index in [0.717, 1.165) is 37.3 Å². The van der Waals surface area contributed by atoms with E-state index in [0.29, 0.717) is 46.1 Å². The molecule has 3 aromatic carbocycles. The van der Waals surface area contributed by atoms with Crippen LogP contribution in [0.4, 0.5) is 10.1 Å². The van der Waals surface area contributed by atoms with E-state index in [-0.39, 0.29) is 5.69 Å². The summed E-state index contributed by atoms with van der Waals surface area (Å²) in [5.41, 5.74) is 2.72. The molecule has 5 rings (SSSR count). The number of halogens is 1. The zero-order valence-corrected chi connectivity index (χ0v) is 23.0. The number of methoxy groups -OCH3 is 2. The predicted molar refractivity (Wildman–Crippen MR) is 151 cm³/mol. The second kappa shape index (κ2) is 11.8. The van der Waals surface area contributed by atoms with Gasteiger partial charge in [0.15, 0.2) is 11.5 Å². The number of amides is 1. The van der Waals surface area contributed by atoms with E-state index in [9.17, 15) is 9.18 Å². The quantitative estimate of drug-likeness (QED) is 0.335. The maximum Gasteiger partial charge on any atom is 0.255 e. The van der Waals surface area contributed by atoms with E-state index in [1.165, 1.54) is 12.4 Å². The van der Waals surface area contributed by atoms with Crippen LogP contribution < -0.4 is 19.5 Å². The second-order valence-electron chi connectivity index (χ2n) is 9.83. The van der Waals surface area contributed by atoms with Crippen molar-refractivity contribution in [3.05, 3.63) is 77.4 Å². The highest BCUT2D eigenvalue weighted by Crippen LogP contribution is 2.36. The van der Waals surface area contributed by atoms with Gasteiger partial charge in [-0.25, -0.2) is 14.4 Å². The van der Waals surface area contributed by atoms with Gasteiger partial charge in [0.25, 0.3) is 5.91 Å². The molecular weight excluding hydrogens is 513 g/mol. The number of nitrogens with one attached hydrogen (secondary N) is 1. The Hall–Kier alpha value is -4.28. The maximum absolute atomic E-state index is 14.9. The Morgan fingerprint density at radius 1 is 0.950 bits per heavy atom. The summed E-state index contributed by atoms with van der Waals surface area (Å²) in [4.78, 5) is 26.3. The normalized spacial score (nSPS) is 14.2. The first-order valence-corrected chi connectivity index (χ1v) is 13.0. The fourth-order valence-electron chi connectivity index (χ4n) is 4.61. The first-order valence-electron chi connectivity index (χ1n) is 13.0. The van der Waals surface area contributed by atoms with Gasteiger partial charge in [-0.2, -0.15) is 0 Å². The van der Waals surface area contributed by atoms with Crippen LogP contribution in [0.2, 0.25) is 0 Å². The third-order valence-electron chi connectivity index (χ3n) is 7.04. The van der Waals surface area contributed by atoms with Crippen molar-refractivity contribution < 1.29 is 23.4 Å². The van der Waals surface area contributed by atoms with Gasteiger partial charge in [-0.15, -0.1) is 0 Å². The molecule has 4 aromatic rings. The highest BCUT2D eigenvalue weighted by molar-refractivity contribution is 6.04. The summed E-state index contributed by atoms with van der Waals surface area (Å²) in [5.74, 6) is 0.860. The SMILES string of the molecule is COc1cc2ncnc(Oc3cc(C(=O)Nc4ccc(CN5CCN(C)CC5)cc4F)ccc3C)c2cc1OC. The summed E-state index contributed by atoms with van der Waals surface area (Å²) < 4.78 is 31.9. The molecule has 10 heteroatoms. The molecule has 1 fully saturated rings. The lowest BCUT2D eigenvalue weighted by Crippen LogP contribution is -2.43. The average Bonchev–Trinajstić information content (AvgIpc) is 2.96. The molecule has 40 heavy (non-hydrogen) atoms. The van der Waals surface area contributed by atoms with Gasteiger partial charge >= 0.3 is 0 Å². The molecule has 208 valence electrons. The number of benzene rings is 3. The zero-order chi connectivity index (χ0) is 28.2. The molecule has 1 aliphatic heterocycles. The number of anilines is 1. The van der Waals surface area contributed by atoms with Crippen LogP contribution in [0.1, 0.15) is 21.5 Å². The van der Waals surface area contributed by atoms with Gasteiger partial charge in [0.1, 0.15) is 17.9 Å². The third-order valence-corrected chi connectivity index (χ3v) is 7.04. The molecule has 1 saturated heterocycles. The second-order valence-corrected chi connectivity index (χ2v) is 9.83. The Kier molecular flexibility index (Phi) is 8.09. The Labute approximate surface area is 232 Å². The first-order chi connectivity index (χ1) is 19.3. The molecule has 1 aliphatic rings. The fraction of sp³-hybridized carbons (Fsp3) is 0.300. The number of likely N-dealkylation sites (N-methyl/N-ethyl adjacent to an activating group) is 1. The molecular formula is C30H32FN5O4. The van der Waals surface area contributed by atoms with E-state index in [1.54, 1.807) is 50.6 Å². The number of carbonyl (C=O) groups excluding carboxylic acids is 1. The van der Waals surface area contributed by atoms with Crippen molar-refractivity contribution in [2.75, 3.05) is 52.8 Å². The summed E-state index contributed by atoms with van der Waals surface area (Å²) in [6.07, 6.45) is 1.39. The number of piperazine rings is 1. The molecule has 9 nitrogen and oxygen atoms in total. The van der Waals surface area contributed by atoms with Crippen molar-refractivity contribution in [3.63, 3.8) is 0 Å². The van der Waals surface area contributed by atoms with Crippen LogP contribution >= 0.6 is 0 Å². The minimum absolute atomic E-state index is 0.123. The van der Waals surface area contributed by atoms with Crippen molar-refractivity contribution in [3.8, 4) is 23.1 Å². The number of carbonyl (C=O) groups is 1. The third kappa shape index (κ3) is 5.98. The molecule has 0 atom stereocenters. The summed E-state index contributed by atoms with van der Waals surface area (Å²) in [7, 11) is 5.20. The lowest BCUT2D eigenvalue weighted by atomic mass is 10.1. The number of nitrogens with zero attached hydrogens (tertiary/aromatic N) is 4. The molecule has 0 spiro atoms. The molecule has 0 bridgehead atoms. The van der Waals surface area contributed by atoms with Crippen LogP contribution in [0, 0.1) is 12.7 Å². The van der Waals surface area contributed by atoms with Gasteiger partial charge in [0.05, 0.1) is 30.8 Å². The monoisotopic (exact) mass is 545 g/mol. The Balaban J connectivity index is 1.32. The van der Waals surface area contributed by atoms with E-state index in [1.807, 2.05) is 13.0 Å². The van der Waals surface area contributed by atoms with Crippen molar-refractivity contribution in [1.82, 2.24) is 19.8 Å². The van der Waals surface area contributed by atoms with Gasteiger partial charge < -0.3 is 24.4 Å². The first kappa shape index (κ1) is 27.3. The van der Waals surface area contributed by atoms with E-state index in [2.05, 4.69) is 32.1 Å². The van der Waals surface area contributed by atoms with Crippen molar-refractivity contribution in [2.24, 2.45) is 0 Å². The molecule has 0 aliphatic carbocycles. The van der Waals surface area contributed by atoms with Crippen LogP contribution in [0.25, 0.3) is 10.9 Å². The van der Waals surface area contributed by atoms with Crippen LogP contribution in [0.3, 0.4) is 0 Å². The molecule has 2 heterocycles. The smallest absolute Gasteiger partial charge is 0.255 e. The van der Waals surface area contributed by atoms with Crippen LogP contribution in [-0.4, -0.2) is 73.1 Å². The Morgan fingerprint density at radius 2 is 1.70 bits per heavy atom. The van der Waals surface area contributed by atoms with Crippen LogP contribution in [0.5, 0.6) is 23.1 Å². The number of hydrogen-bond donors (Lipinski definition) is 1. The molecule has 0 radical (unpaired) electrons. The Bertz CT molecular complexity index is 1540. The average molecular weight is 546 g/mol. The fourth-order valence-corrected chi connectivity index (χ4v) is 4.61. The number of ether oxygens (including phenoxy) is 3. The van der Waals surface area contributed by atoms with E-state index < -0.39 is 11.7 Å². The zero-order valence-electron chi connectivity index (χ0n) is 23.0. The minimum Gasteiger partial charge on any atom is -0.493 e. The van der Waals surface area contributed by atoms with E-state index in [4.69, 9.17) is 14.2 Å². The number of hydrogen-bond acceptors (Lipinski definition) is 8. The largest absolute Gasteiger partial charge is 0.493 e. The molecule has 0 saturated carbocycles. The maximum atomic E-state index is 14.9. The lowest BCUT2D eigenvalue weighted by Gasteiger charge is -2.32. The standard InChI is InChI=1S/C30H32FN5O4/c1-19-5-7-21(14-26(19)40-30-22-15-27(38-3)28(39-4)16-25(22)32-18-33-30)29(37)34-24-8-6-20(13-23(24)31)17-36-11-9-35(2)10-12-36/h5-8,13-16,18H,9-12,17H2,1-4H3,(H,34,37). The van der Waals surface area contributed by atoms with Gasteiger partial charge in [-0.1, -0.05) is 12.1 Å². The van der Waals surface area contributed by atoms with Crippen molar-refractivity contribution >= 4 is 22.5 Å². The molecule has 1 N–H and O–H groups in total. The van der Waals surface area contributed by atoms with Crippen molar-refractivity contribution in [1.29, 1.82) is 0 Å². The highest BCUT2D eigenvalue weighted by Gasteiger charge is 2.17. The van der Waals surface area contributed by atoms with Gasteiger partial charge in [0, 0.05) is 44.4 Å². The summed E-state index contributed by atoms with van der Waals surface area (Å²) in [6, 6.07) is 13.5. The Morgan fingerprint density at radius 3 is 2.42 bits per heavy atom. The van der Waals surface area contributed by atoms with E-state index >= 15 is 0 Å². The predicted octanol–water partition coefficient (Wildman–Crippen LogP) is 4.89. The minimum atomic E-state index is -0.472. The van der Waals surface area contributed by atoms with Crippen molar-refractivity contribution in [2.45, 2.75) is 13.5 Å². The number of fused-ring (bicyclic) bond motifs is 1. The molecule has 0 unspecified atom stereocenters. The lowest BCUT2D eigenvalue weighted by molar-refractivity contribution is 0.102. The number of aryl methyl sites for hydroxylation is 1. The topological polar surface area (TPSA) is 89.0 Å². The van der Waals surface area contributed by atoms with Gasteiger partial charge in [0.2, 0.25) is 5.88 Å². The van der Waals surface area contributed by atoms with Crippen LogP contribution in [0.15, 0.2) is 54.9 Å². The highest BCUT2D eigenvalue weighted by atomic mass is 19.1. The van der Waals surface area contributed by atoms with Crippen LogP contribution in [-0.2, 0) is 6.54 Å². The summed E-state index contributed by atoms with van der Waals surface area (Å²) >= 11 is 0. The number of rotatable bonds is 8. The molecule has 1 aromatic heterocycles. The number of aromatic nitrogens is 2.